The predicted molar refractivity (Wildman–Crippen MR) is 71.4 cm³/mol. The van der Waals surface area contributed by atoms with Crippen molar-refractivity contribution < 1.29 is 19.0 Å². The highest BCUT2D eigenvalue weighted by molar-refractivity contribution is 5.49. The molecule has 1 saturated heterocycles. The summed E-state index contributed by atoms with van der Waals surface area (Å²) in [5.41, 5.74) is 1.19. The van der Waals surface area contributed by atoms with Gasteiger partial charge in [0.2, 0.25) is 0 Å². The molecule has 2 unspecified atom stereocenters. The van der Waals surface area contributed by atoms with E-state index in [4.69, 9.17) is 14.2 Å². The summed E-state index contributed by atoms with van der Waals surface area (Å²) in [5.74, 6) is 1.07. The Bertz CT molecular complexity index is 384. The van der Waals surface area contributed by atoms with Crippen LogP contribution in [-0.2, 0) is 20.7 Å². The van der Waals surface area contributed by atoms with Crippen LogP contribution < -0.4 is 4.74 Å². The van der Waals surface area contributed by atoms with Crippen molar-refractivity contribution in [2.75, 3.05) is 26.9 Å². The van der Waals surface area contributed by atoms with Gasteiger partial charge in [0.15, 0.2) is 0 Å². The Morgan fingerprint density at radius 2 is 2.16 bits per heavy atom. The Hall–Kier alpha value is -1.39. The first-order valence-electron chi connectivity index (χ1n) is 6.57. The van der Waals surface area contributed by atoms with Crippen molar-refractivity contribution in [2.24, 2.45) is 5.92 Å². The van der Waals surface area contributed by atoms with Gasteiger partial charge < -0.3 is 19.0 Å². The van der Waals surface area contributed by atoms with Gasteiger partial charge >= 0.3 is 0 Å². The second-order valence-corrected chi connectivity index (χ2v) is 4.81. The fourth-order valence-electron chi connectivity index (χ4n) is 1.97. The summed E-state index contributed by atoms with van der Waals surface area (Å²) in [6.07, 6.45) is 2.61. The summed E-state index contributed by atoms with van der Waals surface area (Å²) >= 11 is 0. The molecule has 0 saturated carbocycles. The lowest BCUT2D eigenvalue weighted by molar-refractivity contribution is -0.109. The molecule has 1 aromatic carbocycles. The second-order valence-electron chi connectivity index (χ2n) is 4.81. The summed E-state index contributed by atoms with van der Waals surface area (Å²) in [6, 6.07) is 7.93. The first-order valence-corrected chi connectivity index (χ1v) is 6.57. The number of ether oxygens (including phenoxy) is 3. The molecule has 1 heterocycles. The van der Waals surface area contributed by atoms with E-state index in [-0.39, 0.29) is 12.0 Å². The standard InChI is InChI=1S/C15H20O4/c1-17-14-4-2-12(3-5-14)8-13(6-7-16)9-18-10-15-11-19-15/h2-5,7,13,15H,6,8-11H2,1H3. The van der Waals surface area contributed by atoms with E-state index in [1.165, 1.54) is 5.56 Å². The van der Waals surface area contributed by atoms with Crippen LogP contribution in [0.4, 0.5) is 0 Å². The minimum Gasteiger partial charge on any atom is -0.497 e. The van der Waals surface area contributed by atoms with Gasteiger partial charge in [-0.2, -0.15) is 0 Å². The lowest BCUT2D eigenvalue weighted by Gasteiger charge is -2.14. The highest BCUT2D eigenvalue weighted by Gasteiger charge is 2.23. The second kappa shape index (κ2) is 7.26. The van der Waals surface area contributed by atoms with E-state index in [9.17, 15) is 4.79 Å². The Kier molecular flexibility index (Phi) is 5.36. The molecule has 0 spiro atoms. The smallest absolute Gasteiger partial charge is 0.120 e. The van der Waals surface area contributed by atoms with Gasteiger partial charge in [-0.3, -0.25) is 0 Å². The number of aldehydes is 1. The molecule has 19 heavy (non-hydrogen) atoms. The molecule has 2 atom stereocenters. The fraction of sp³-hybridized carbons (Fsp3) is 0.533. The molecule has 0 radical (unpaired) electrons. The van der Waals surface area contributed by atoms with Crippen LogP contribution in [0.5, 0.6) is 5.75 Å². The number of methoxy groups -OCH3 is 1. The molecular formula is C15H20O4. The van der Waals surface area contributed by atoms with Crippen molar-refractivity contribution in [2.45, 2.75) is 18.9 Å². The molecule has 1 aliphatic rings. The molecule has 1 aliphatic heterocycles. The molecular weight excluding hydrogens is 244 g/mol. The summed E-state index contributed by atoms with van der Waals surface area (Å²) < 4.78 is 15.8. The van der Waals surface area contributed by atoms with Crippen LogP contribution in [0.2, 0.25) is 0 Å². The highest BCUT2D eigenvalue weighted by Crippen LogP contribution is 2.17. The van der Waals surface area contributed by atoms with Crippen LogP contribution in [0.25, 0.3) is 0 Å². The number of hydrogen-bond acceptors (Lipinski definition) is 4. The summed E-state index contributed by atoms with van der Waals surface area (Å²) in [6.45, 7) is 2.04. The minimum atomic E-state index is 0.227. The third-order valence-electron chi connectivity index (χ3n) is 3.17. The lowest BCUT2D eigenvalue weighted by Crippen LogP contribution is -2.15. The van der Waals surface area contributed by atoms with Crippen molar-refractivity contribution >= 4 is 6.29 Å². The first-order chi connectivity index (χ1) is 9.31. The fourth-order valence-corrected chi connectivity index (χ4v) is 1.97. The van der Waals surface area contributed by atoms with Gasteiger partial charge in [-0.05, 0) is 30.0 Å². The number of epoxide rings is 1. The van der Waals surface area contributed by atoms with Crippen molar-refractivity contribution in [3.63, 3.8) is 0 Å². The van der Waals surface area contributed by atoms with Gasteiger partial charge in [0.05, 0.1) is 26.9 Å². The molecule has 4 heteroatoms. The summed E-state index contributed by atoms with van der Waals surface area (Å²) in [7, 11) is 1.65. The van der Waals surface area contributed by atoms with E-state index in [2.05, 4.69) is 0 Å². The van der Waals surface area contributed by atoms with Gasteiger partial charge in [-0.25, -0.2) is 0 Å². The van der Waals surface area contributed by atoms with Crippen molar-refractivity contribution in [1.29, 1.82) is 0 Å². The molecule has 104 valence electrons. The molecule has 0 bridgehead atoms. The van der Waals surface area contributed by atoms with Crippen LogP contribution in [0.1, 0.15) is 12.0 Å². The topological polar surface area (TPSA) is 48.1 Å². The van der Waals surface area contributed by atoms with Gasteiger partial charge in [0.1, 0.15) is 18.1 Å². The molecule has 0 amide bonds. The molecule has 2 rings (SSSR count). The van der Waals surface area contributed by atoms with Gasteiger partial charge in [-0.15, -0.1) is 0 Å². The Morgan fingerprint density at radius 1 is 1.42 bits per heavy atom. The van der Waals surface area contributed by atoms with E-state index in [1.54, 1.807) is 7.11 Å². The van der Waals surface area contributed by atoms with Gasteiger partial charge in [0, 0.05) is 6.42 Å². The van der Waals surface area contributed by atoms with Crippen LogP contribution in [0.15, 0.2) is 24.3 Å². The van der Waals surface area contributed by atoms with Crippen molar-refractivity contribution in [3.8, 4) is 5.75 Å². The monoisotopic (exact) mass is 264 g/mol. The van der Waals surface area contributed by atoms with E-state index in [0.717, 1.165) is 25.1 Å². The van der Waals surface area contributed by atoms with E-state index in [0.29, 0.717) is 19.6 Å². The zero-order valence-corrected chi connectivity index (χ0v) is 11.2. The molecule has 4 nitrogen and oxygen atoms in total. The predicted octanol–water partition coefficient (Wildman–Crippen LogP) is 1.86. The molecule has 0 aromatic heterocycles. The zero-order chi connectivity index (χ0) is 13.5. The summed E-state index contributed by atoms with van der Waals surface area (Å²) in [4.78, 5) is 10.7. The SMILES string of the molecule is COc1ccc(CC(CC=O)COCC2CO2)cc1. The summed E-state index contributed by atoms with van der Waals surface area (Å²) in [5, 5.41) is 0. The van der Waals surface area contributed by atoms with Crippen LogP contribution in [0, 0.1) is 5.92 Å². The third kappa shape index (κ3) is 5.01. The number of carbonyl (C=O) groups is 1. The van der Waals surface area contributed by atoms with Gasteiger partial charge in [-0.1, -0.05) is 12.1 Å². The lowest BCUT2D eigenvalue weighted by atomic mass is 9.97. The maximum atomic E-state index is 10.7. The average Bonchev–Trinajstić information content (AvgIpc) is 3.24. The quantitative estimate of drug-likeness (QED) is 0.504. The maximum Gasteiger partial charge on any atom is 0.120 e. The normalized spacial score (nSPS) is 18.9. The van der Waals surface area contributed by atoms with Crippen LogP contribution >= 0.6 is 0 Å². The Labute approximate surface area is 113 Å². The van der Waals surface area contributed by atoms with Crippen LogP contribution in [0.3, 0.4) is 0 Å². The third-order valence-corrected chi connectivity index (χ3v) is 3.17. The first kappa shape index (κ1) is 14.0. The van der Waals surface area contributed by atoms with Crippen molar-refractivity contribution in [1.82, 2.24) is 0 Å². The Morgan fingerprint density at radius 3 is 2.74 bits per heavy atom. The minimum absolute atomic E-state index is 0.227. The van der Waals surface area contributed by atoms with Crippen molar-refractivity contribution in [3.05, 3.63) is 29.8 Å². The van der Waals surface area contributed by atoms with Gasteiger partial charge in [0.25, 0.3) is 0 Å². The molecule has 0 N–H and O–H groups in total. The highest BCUT2D eigenvalue weighted by atomic mass is 16.6. The number of rotatable bonds is 9. The largest absolute Gasteiger partial charge is 0.497 e. The molecule has 1 aromatic rings. The zero-order valence-electron chi connectivity index (χ0n) is 11.2. The maximum absolute atomic E-state index is 10.7. The number of carbonyl (C=O) groups excluding carboxylic acids is 1. The average molecular weight is 264 g/mol. The van der Waals surface area contributed by atoms with Crippen LogP contribution in [-0.4, -0.2) is 39.3 Å². The number of hydrogen-bond donors (Lipinski definition) is 0. The van der Waals surface area contributed by atoms with E-state index >= 15 is 0 Å². The van der Waals surface area contributed by atoms with E-state index in [1.807, 2.05) is 24.3 Å². The molecule has 0 aliphatic carbocycles. The van der Waals surface area contributed by atoms with E-state index < -0.39 is 0 Å². The number of benzene rings is 1. The Balaban J connectivity index is 1.80. The molecule has 1 fully saturated rings.